The second-order valence-electron chi connectivity index (χ2n) is 6.63. The molecule has 2 heterocycles. The maximum atomic E-state index is 13.2. The zero-order chi connectivity index (χ0) is 20.6. The highest BCUT2D eigenvalue weighted by Crippen LogP contribution is 2.24. The largest absolute Gasteiger partial charge is 0.321 e. The molecule has 0 fully saturated rings. The van der Waals surface area contributed by atoms with Gasteiger partial charge >= 0.3 is 0 Å². The summed E-state index contributed by atoms with van der Waals surface area (Å²) in [4.78, 5) is 12.5. The van der Waals surface area contributed by atoms with Gasteiger partial charge in [0.05, 0.1) is 40.0 Å². The quantitative estimate of drug-likeness (QED) is 0.659. The molecule has 2 aromatic heterocycles. The van der Waals surface area contributed by atoms with Gasteiger partial charge in [-0.2, -0.15) is 10.2 Å². The van der Waals surface area contributed by atoms with Crippen molar-refractivity contribution < 1.29 is 9.18 Å². The lowest BCUT2D eigenvalue weighted by atomic mass is 10.2. The van der Waals surface area contributed by atoms with Crippen LogP contribution in [0.25, 0.3) is 0 Å². The summed E-state index contributed by atoms with van der Waals surface area (Å²) in [6.45, 7) is 7.69. The first kappa shape index (κ1) is 20.4. The first-order chi connectivity index (χ1) is 13.2. The summed E-state index contributed by atoms with van der Waals surface area (Å²) in [6.07, 6.45) is 0. The van der Waals surface area contributed by atoms with Crippen LogP contribution in [0.5, 0.6) is 0 Å². The molecule has 0 saturated carbocycles. The van der Waals surface area contributed by atoms with Crippen molar-refractivity contribution in [3.63, 3.8) is 0 Å². The summed E-state index contributed by atoms with van der Waals surface area (Å²) in [5, 5.41) is 12.5. The molecule has 1 aromatic carbocycles. The second-order valence-corrected chi connectivity index (χ2v) is 7.41. The molecule has 0 aliphatic heterocycles. The first-order valence-corrected chi connectivity index (χ1v) is 9.40. The van der Waals surface area contributed by atoms with E-state index in [1.54, 1.807) is 22.4 Å². The Morgan fingerprint density at radius 1 is 1.07 bits per heavy atom. The Morgan fingerprint density at radius 3 is 2.36 bits per heavy atom. The van der Waals surface area contributed by atoms with Crippen LogP contribution in [0.4, 0.5) is 10.1 Å². The van der Waals surface area contributed by atoms with Gasteiger partial charge in [-0.05, 0) is 45.4 Å². The molecule has 0 bridgehead atoms. The summed E-state index contributed by atoms with van der Waals surface area (Å²) in [5.41, 5.74) is 4.25. The average Bonchev–Trinajstić information content (AvgIpc) is 3.02. The fraction of sp³-hybridized carbons (Fsp3) is 0.316. The summed E-state index contributed by atoms with van der Waals surface area (Å²) in [5.74, 6) is -0.618. The van der Waals surface area contributed by atoms with Gasteiger partial charge in [-0.3, -0.25) is 14.2 Å². The maximum absolute atomic E-state index is 13.2. The number of amides is 1. The van der Waals surface area contributed by atoms with Crippen molar-refractivity contribution in [1.82, 2.24) is 19.6 Å². The zero-order valence-electron chi connectivity index (χ0n) is 16.0. The van der Waals surface area contributed by atoms with Crippen LogP contribution in [0, 0.1) is 33.5 Å². The Labute approximate surface area is 172 Å². The van der Waals surface area contributed by atoms with Gasteiger partial charge in [0.2, 0.25) is 5.91 Å². The number of hydrogen-bond donors (Lipinski definition) is 1. The lowest BCUT2D eigenvalue weighted by Gasteiger charge is -2.09. The normalized spacial score (nSPS) is 11.1. The number of nitrogens with zero attached hydrogens (tertiary/aromatic N) is 4. The SMILES string of the molecule is Cc1nn(CC(=O)Nc2c(C)nn(Cc3ccc(F)cc3Cl)c2C)c(C)c1Cl. The zero-order valence-corrected chi connectivity index (χ0v) is 17.5. The second kappa shape index (κ2) is 7.93. The van der Waals surface area contributed by atoms with Crippen LogP contribution < -0.4 is 5.32 Å². The smallest absolute Gasteiger partial charge is 0.246 e. The van der Waals surface area contributed by atoms with E-state index in [-0.39, 0.29) is 18.3 Å². The summed E-state index contributed by atoms with van der Waals surface area (Å²) >= 11 is 12.2. The van der Waals surface area contributed by atoms with Gasteiger partial charge in [0.1, 0.15) is 12.4 Å². The minimum atomic E-state index is -0.390. The highest BCUT2D eigenvalue weighted by Gasteiger charge is 2.17. The topological polar surface area (TPSA) is 64.7 Å². The number of carbonyl (C=O) groups excluding carboxylic acids is 1. The van der Waals surface area contributed by atoms with Crippen LogP contribution in [0.1, 0.15) is 28.3 Å². The van der Waals surface area contributed by atoms with Crippen molar-refractivity contribution in [1.29, 1.82) is 0 Å². The van der Waals surface area contributed by atoms with Crippen LogP contribution in [0.3, 0.4) is 0 Å². The minimum absolute atomic E-state index is 0.0489. The van der Waals surface area contributed by atoms with E-state index in [4.69, 9.17) is 23.2 Å². The van der Waals surface area contributed by atoms with Crippen LogP contribution in [0.15, 0.2) is 18.2 Å². The standard InChI is InChI=1S/C19H20Cl2FN5O/c1-10-18(21)12(3)27(24-10)9-17(28)23-19-11(2)25-26(13(19)4)8-14-5-6-15(22)7-16(14)20/h5-7H,8-9H2,1-4H3,(H,23,28). The van der Waals surface area contributed by atoms with Gasteiger partial charge in [-0.25, -0.2) is 4.39 Å². The van der Waals surface area contributed by atoms with Crippen molar-refractivity contribution in [2.24, 2.45) is 0 Å². The minimum Gasteiger partial charge on any atom is -0.321 e. The molecule has 9 heteroatoms. The van der Waals surface area contributed by atoms with Crippen molar-refractivity contribution in [3.05, 3.63) is 62.4 Å². The highest BCUT2D eigenvalue weighted by atomic mass is 35.5. The fourth-order valence-corrected chi connectivity index (χ4v) is 3.35. The van der Waals surface area contributed by atoms with Crippen LogP contribution in [-0.2, 0) is 17.9 Å². The molecule has 0 saturated heterocycles. The third-order valence-corrected chi connectivity index (χ3v) is 5.47. The summed E-state index contributed by atoms with van der Waals surface area (Å²) < 4.78 is 16.5. The summed E-state index contributed by atoms with van der Waals surface area (Å²) in [6, 6.07) is 4.25. The lowest BCUT2D eigenvalue weighted by molar-refractivity contribution is -0.116. The molecular weight excluding hydrogens is 404 g/mol. The predicted molar refractivity (Wildman–Crippen MR) is 108 cm³/mol. The van der Waals surface area contributed by atoms with Gasteiger partial charge < -0.3 is 5.32 Å². The molecule has 1 N–H and O–H groups in total. The number of carbonyl (C=O) groups is 1. The van der Waals surface area contributed by atoms with E-state index >= 15 is 0 Å². The first-order valence-electron chi connectivity index (χ1n) is 8.64. The van der Waals surface area contributed by atoms with Crippen LogP contribution in [-0.4, -0.2) is 25.5 Å². The molecule has 6 nitrogen and oxygen atoms in total. The Bertz CT molecular complexity index is 1060. The molecule has 0 atom stereocenters. The van der Waals surface area contributed by atoms with Gasteiger partial charge in [0.25, 0.3) is 0 Å². The van der Waals surface area contributed by atoms with Crippen molar-refractivity contribution >= 4 is 34.8 Å². The Morgan fingerprint density at radius 2 is 1.75 bits per heavy atom. The van der Waals surface area contributed by atoms with E-state index in [0.29, 0.717) is 33.7 Å². The lowest BCUT2D eigenvalue weighted by Crippen LogP contribution is -2.21. The molecule has 28 heavy (non-hydrogen) atoms. The number of anilines is 1. The monoisotopic (exact) mass is 423 g/mol. The van der Waals surface area contributed by atoms with Crippen molar-refractivity contribution in [2.45, 2.75) is 40.8 Å². The Hall–Kier alpha value is -2.38. The number of nitrogens with one attached hydrogen (secondary N) is 1. The van der Waals surface area contributed by atoms with Gasteiger partial charge in [0.15, 0.2) is 0 Å². The Balaban J connectivity index is 1.77. The number of hydrogen-bond acceptors (Lipinski definition) is 3. The van der Waals surface area contributed by atoms with Crippen molar-refractivity contribution in [2.75, 3.05) is 5.32 Å². The molecular formula is C19H20Cl2FN5O. The number of halogens is 3. The number of rotatable bonds is 5. The van der Waals surface area contributed by atoms with Crippen LogP contribution in [0.2, 0.25) is 10.0 Å². The van der Waals surface area contributed by atoms with Crippen LogP contribution >= 0.6 is 23.2 Å². The van der Waals surface area contributed by atoms with E-state index in [9.17, 15) is 9.18 Å². The summed E-state index contributed by atoms with van der Waals surface area (Å²) in [7, 11) is 0. The molecule has 0 aliphatic rings. The molecule has 0 spiro atoms. The number of aromatic nitrogens is 4. The highest BCUT2D eigenvalue weighted by molar-refractivity contribution is 6.32. The predicted octanol–water partition coefficient (Wildman–Crippen LogP) is 4.45. The third-order valence-electron chi connectivity index (χ3n) is 4.57. The molecule has 148 valence electrons. The molecule has 0 aliphatic carbocycles. The number of aryl methyl sites for hydroxylation is 2. The Kier molecular flexibility index (Phi) is 5.76. The van der Waals surface area contributed by atoms with E-state index < -0.39 is 0 Å². The molecule has 0 unspecified atom stereocenters. The molecule has 0 radical (unpaired) electrons. The van der Waals surface area contributed by atoms with E-state index in [0.717, 1.165) is 17.0 Å². The molecule has 1 amide bonds. The fourth-order valence-electron chi connectivity index (χ4n) is 2.99. The van der Waals surface area contributed by atoms with Crippen molar-refractivity contribution in [3.8, 4) is 0 Å². The molecule has 3 rings (SSSR count). The van der Waals surface area contributed by atoms with E-state index in [1.807, 2.05) is 20.8 Å². The average molecular weight is 424 g/mol. The van der Waals surface area contributed by atoms with Gasteiger partial charge in [-0.15, -0.1) is 0 Å². The van der Waals surface area contributed by atoms with E-state index in [2.05, 4.69) is 15.5 Å². The third kappa shape index (κ3) is 4.05. The van der Waals surface area contributed by atoms with Gasteiger partial charge in [-0.1, -0.05) is 29.3 Å². The number of benzene rings is 1. The maximum Gasteiger partial charge on any atom is 0.246 e. The van der Waals surface area contributed by atoms with Gasteiger partial charge in [0, 0.05) is 5.02 Å². The van der Waals surface area contributed by atoms with E-state index in [1.165, 1.54) is 12.1 Å². The molecule has 3 aromatic rings.